The van der Waals surface area contributed by atoms with Gasteiger partial charge in [0.05, 0.1) is 28.4 Å². The molecule has 8 nitrogen and oxygen atoms in total. The zero-order valence-corrected chi connectivity index (χ0v) is 25.3. The van der Waals surface area contributed by atoms with Gasteiger partial charge in [-0.3, -0.25) is 0 Å². The summed E-state index contributed by atoms with van der Waals surface area (Å²) in [6.07, 6.45) is 8.81. The van der Waals surface area contributed by atoms with Crippen LogP contribution in [0.1, 0.15) is 48.2 Å². The number of benzene rings is 2. The van der Waals surface area contributed by atoms with Gasteiger partial charge in [-0.05, 0) is 80.0 Å². The lowest BCUT2D eigenvalue weighted by molar-refractivity contribution is 0.259. The maximum atomic E-state index is 15.4. The van der Waals surface area contributed by atoms with Crippen molar-refractivity contribution in [3.8, 4) is 17.5 Å². The fourth-order valence-electron chi connectivity index (χ4n) is 6.04. The summed E-state index contributed by atoms with van der Waals surface area (Å²) in [7, 11) is -4.24. The summed E-state index contributed by atoms with van der Waals surface area (Å²) in [6.45, 7) is 1.83. The van der Waals surface area contributed by atoms with Gasteiger partial charge in [-0.2, -0.15) is 5.26 Å². The predicted molar refractivity (Wildman–Crippen MR) is 161 cm³/mol. The van der Waals surface area contributed by atoms with Crippen molar-refractivity contribution in [2.45, 2.75) is 50.3 Å². The lowest BCUT2D eigenvalue weighted by Crippen LogP contribution is -2.20. The fraction of sp³-hybridized carbons (Fsp3) is 0.281. The fourth-order valence-corrected chi connectivity index (χ4v) is 7.58. The molecule has 0 amide bonds. The molecule has 0 spiro atoms. The minimum atomic E-state index is -4.24. The van der Waals surface area contributed by atoms with Crippen LogP contribution in [0.5, 0.6) is 0 Å². The Kier molecular flexibility index (Phi) is 8.14. The Hall–Kier alpha value is -4.27. The molecule has 0 aliphatic heterocycles. The Balaban J connectivity index is 1.36. The van der Waals surface area contributed by atoms with Crippen molar-refractivity contribution in [2.24, 2.45) is 11.8 Å². The van der Waals surface area contributed by atoms with Crippen LogP contribution in [0.4, 0.5) is 8.78 Å². The van der Waals surface area contributed by atoms with Crippen molar-refractivity contribution in [3.05, 3.63) is 100 Å². The van der Waals surface area contributed by atoms with Crippen LogP contribution in [0.25, 0.3) is 22.3 Å². The average molecular weight is 633 g/mol. The van der Waals surface area contributed by atoms with Crippen molar-refractivity contribution in [2.75, 3.05) is 0 Å². The summed E-state index contributed by atoms with van der Waals surface area (Å²) in [5.74, 6) is -0.905. The molecule has 0 unspecified atom stereocenters. The van der Waals surface area contributed by atoms with Crippen molar-refractivity contribution in [1.29, 1.82) is 5.26 Å². The zero-order valence-electron chi connectivity index (χ0n) is 23.7. The lowest BCUT2D eigenvalue weighted by atomic mass is 9.77. The van der Waals surface area contributed by atoms with E-state index in [9.17, 15) is 13.7 Å². The van der Waals surface area contributed by atoms with Gasteiger partial charge < -0.3 is 0 Å². The summed E-state index contributed by atoms with van der Waals surface area (Å²) in [5.41, 5.74) is 1.87. The third kappa shape index (κ3) is 5.92. The van der Waals surface area contributed by atoms with Crippen molar-refractivity contribution in [1.82, 2.24) is 23.9 Å². The second-order valence-electron chi connectivity index (χ2n) is 11.2. The monoisotopic (exact) mass is 632 g/mol. The van der Waals surface area contributed by atoms with Gasteiger partial charge in [0.25, 0.3) is 10.0 Å². The van der Waals surface area contributed by atoms with E-state index >= 15 is 8.78 Å². The molecule has 3 aromatic heterocycles. The highest BCUT2D eigenvalue weighted by molar-refractivity contribution is 7.90. The minimum Gasteiger partial charge on any atom is -0.237 e. The molecule has 6 rings (SSSR count). The van der Waals surface area contributed by atoms with Crippen LogP contribution < -0.4 is 0 Å². The summed E-state index contributed by atoms with van der Waals surface area (Å²) in [6, 6.07) is 12.3. The molecule has 12 heteroatoms. The van der Waals surface area contributed by atoms with Crippen LogP contribution in [-0.4, -0.2) is 32.3 Å². The second kappa shape index (κ2) is 12.0. The van der Waals surface area contributed by atoms with Gasteiger partial charge in [-0.1, -0.05) is 37.0 Å². The molecule has 0 radical (unpaired) electrons. The van der Waals surface area contributed by atoms with E-state index in [-0.39, 0.29) is 49.6 Å². The quantitative estimate of drug-likeness (QED) is 0.181. The SMILES string of the molecule is Cc1ccc(S(=O)(=O)n2cc(-c3ncc(F)c(C[C@@H]4CCC[C@H](Cc5ccnc(Cl)n5)C4)n3)c3cc(C#N)cc(F)c32)cc1. The third-order valence-electron chi connectivity index (χ3n) is 8.14. The second-order valence-corrected chi connectivity index (χ2v) is 13.4. The molecule has 1 aliphatic carbocycles. The zero-order chi connectivity index (χ0) is 31.0. The van der Waals surface area contributed by atoms with Crippen LogP contribution >= 0.6 is 11.6 Å². The molecule has 0 bridgehead atoms. The highest BCUT2D eigenvalue weighted by atomic mass is 35.5. The molecule has 1 aliphatic rings. The van der Waals surface area contributed by atoms with E-state index in [0.717, 1.165) is 59.6 Å². The third-order valence-corrected chi connectivity index (χ3v) is 10.00. The smallest absolute Gasteiger partial charge is 0.237 e. The standard InChI is InChI=1S/C32H27ClF2N6O2S/c1-19-5-7-24(8-6-19)44(42,43)41-18-26(25-13-22(16-36)14-27(34)30(25)41)31-38-17-28(35)29(40-31)15-21-4-2-3-20(11-21)12-23-9-10-37-32(33)39-23/h5-10,13-14,17-18,20-21H,2-4,11-12,15H2,1H3/t20-,21+/m0/s1. The van der Waals surface area contributed by atoms with E-state index in [1.54, 1.807) is 18.3 Å². The summed E-state index contributed by atoms with van der Waals surface area (Å²) >= 11 is 5.96. The van der Waals surface area contributed by atoms with Gasteiger partial charge in [-0.15, -0.1) is 0 Å². The molecule has 0 N–H and O–H groups in total. The van der Waals surface area contributed by atoms with Gasteiger partial charge in [0.2, 0.25) is 5.28 Å². The Morgan fingerprint density at radius 1 is 1.02 bits per heavy atom. The number of nitrogens with zero attached hydrogens (tertiary/aromatic N) is 6. The summed E-state index contributed by atoms with van der Waals surface area (Å²) in [4.78, 5) is 16.9. The molecule has 1 fully saturated rings. The predicted octanol–water partition coefficient (Wildman–Crippen LogP) is 6.83. The number of nitriles is 1. The first kappa shape index (κ1) is 29.8. The lowest BCUT2D eigenvalue weighted by Gasteiger charge is -2.29. The summed E-state index contributed by atoms with van der Waals surface area (Å²) < 4.78 is 58.8. The number of hydrogen-bond donors (Lipinski definition) is 0. The number of fused-ring (bicyclic) bond motifs is 1. The number of hydrogen-bond acceptors (Lipinski definition) is 7. The Labute approximate surface area is 258 Å². The Bertz CT molecular complexity index is 2030. The van der Waals surface area contributed by atoms with Crippen LogP contribution in [0.15, 0.2) is 66.0 Å². The summed E-state index contributed by atoms with van der Waals surface area (Å²) in [5, 5.41) is 9.85. The van der Waals surface area contributed by atoms with Crippen LogP contribution in [0, 0.1) is 41.7 Å². The molecular weight excluding hydrogens is 606 g/mol. The van der Waals surface area contributed by atoms with Crippen molar-refractivity contribution in [3.63, 3.8) is 0 Å². The van der Waals surface area contributed by atoms with E-state index < -0.39 is 21.7 Å². The number of aryl methyl sites for hydroxylation is 1. The molecule has 44 heavy (non-hydrogen) atoms. The van der Waals surface area contributed by atoms with E-state index in [1.807, 2.05) is 19.1 Å². The first-order valence-electron chi connectivity index (χ1n) is 14.2. The first-order chi connectivity index (χ1) is 21.1. The number of rotatable bonds is 7. The van der Waals surface area contributed by atoms with Crippen molar-refractivity contribution >= 4 is 32.5 Å². The normalized spacial score (nSPS) is 17.1. The molecule has 3 heterocycles. The van der Waals surface area contributed by atoms with Gasteiger partial charge >= 0.3 is 0 Å². The van der Waals surface area contributed by atoms with Gasteiger partial charge in [0, 0.05) is 29.0 Å². The number of aromatic nitrogens is 5. The molecule has 1 saturated carbocycles. The first-order valence-corrected chi connectivity index (χ1v) is 16.0. The van der Waals surface area contributed by atoms with Gasteiger partial charge in [0.1, 0.15) is 11.3 Å². The molecule has 2 aromatic carbocycles. The highest BCUT2D eigenvalue weighted by Crippen LogP contribution is 2.36. The highest BCUT2D eigenvalue weighted by Gasteiger charge is 2.28. The van der Waals surface area contributed by atoms with E-state index in [4.69, 9.17) is 11.6 Å². The van der Waals surface area contributed by atoms with Gasteiger partial charge in [-0.25, -0.2) is 41.1 Å². The van der Waals surface area contributed by atoms with Crippen LogP contribution in [0.3, 0.4) is 0 Å². The van der Waals surface area contributed by atoms with Crippen LogP contribution in [0.2, 0.25) is 5.28 Å². The molecule has 0 saturated heterocycles. The molecular formula is C32H27ClF2N6O2S. The maximum Gasteiger partial charge on any atom is 0.268 e. The van der Waals surface area contributed by atoms with E-state index in [0.29, 0.717) is 12.3 Å². The number of halogens is 3. The van der Waals surface area contributed by atoms with E-state index in [1.165, 1.54) is 24.4 Å². The molecule has 2 atom stereocenters. The average Bonchev–Trinajstić information content (AvgIpc) is 3.40. The van der Waals surface area contributed by atoms with Gasteiger partial charge in [0.15, 0.2) is 11.6 Å². The Morgan fingerprint density at radius 3 is 2.50 bits per heavy atom. The Morgan fingerprint density at radius 2 is 1.77 bits per heavy atom. The van der Waals surface area contributed by atoms with Crippen molar-refractivity contribution < 1.29 is 17.2 Å². The maximum absolute atomic E-state index is 15.4. The van der Waals surface area contributed by atoms with E-state index in [2.05, 4.69) is 19.9 Å². The van der Waals surface area contributed by atoms with Crippen LogP contribution in [-0.2, 0) is 22.9 Å². The molecule has 224 valence electrons. The minimum absolute atomic E-state index is 0.00212. The largest absolute Gasteiger partial charge is 0.268 e. The molecule has 5 aromatic rings. The topological polar surface area (TPSA) is 114 Å².